The van der Waals surface area contributed by atoms with Crippen LogP contribution >= 0.6 is 0 Å². The smallest absolute Gasteiger partial charge is 0.322 e. The highest BCUT2D eigenvalue weighted by atomic mass is 16.4. The minimum atomic E-state index is -0.973. The Balaban J connectivity index is 2.74. The fourth-order valence-corrected chi connectivity index (χ4v) is 1.63. The van der Waals surface area contributed by atoms with E-state index in [1.807, 2.05) is 0 Å². The summed E-state index contributed by atoms with van der Waals surface area (Å²) in [5.74, 6) is -0.280. The zero-order valence-electron chi connectivity index (χ0n) is 8.40. The highest BCUT2D eigenvalue weighted by Crippen LogP contribution is 2.10. The SMILES string of the molecule is CN=C1NCC[C@H]([C@H](N)C(=O)O)N1C. The first-order valence-electron chi connectivity index (χ1n) is 4.49. The van der Waals surface area contributed by atoms with Gasteiger partial charge >= 0.3 is 5.97 Å². The number of likely N-dealkylation sites (N-methyl/N-ethyl adjacent to an activating group) is 1. The van der Waals surface area contributed by atoms with E-state index >= 15 is 0 Å². The Hall–Kier alpha value is -1.30. The normalized spacial score (nSPS) is 27.2. The molecule has 1 fully saturated rings. The molecule has 2 atom stereocenters. The third kappa shape index (κ3) is 1.95. The Morgan fingerprint density at radius 1 is 1.86 bits per heavy atom. The molecule has 0 aromatic carbocycles. The van der Waals surface area contributed by atoms with Crippen LogP contribution in [0.3, 0.4) is 0 Å². The van der Waals surface area contributed by atoms with Gasteiger partial charge in [-0.3, -0.25) is 9.79 Å². The molecule has 1 saturated heterocycles. The molecular formula is C8H16N4O2. The fourth-order valence-electron chi connectivity index (χ4n) is 1.63. The zero-order valence-corrected chi connectivity index (χ0v) is 8.40. The molecule has 0 aliphatic carbocycles. The lowest BCUT2D eigenvalue weighted by atomic mass is 10.0. The van der Waals surface area contributed by atoms with Crippen LogP contribution in [0.15, 0.2) is 4.99 Å². The van der Waals surface area contributed by atoms with Crippen LogP contribution in [0, 0.1) is 0 Å². The van der Waals surface area contributed by atoms with Crippen LogP contribution < -0.4 is 11.1 Å². The Morgan fingerprint density at radius 2 is 2.50 bits per heavy atom. The van der Waals surface area contributed by atoms with Crippen molar-refractivity contribution < 1.29 is 9.90 Å². The standard InChI is InChI=1S/C8H16N4O2/c1-10-8-11-4-3-5(12(8)2)6(9)7(13)14/h5-6H,3-4,9H2,1-2H3,(H,10,11)(H,13,14)/t5-,6+/m1/s1. The van der Waals surface area contributed by atoms with E-state index in [0.29, 0.717) is 18.9 Å². The molecule has 14 heavy (non-hydrogen) atoms. The molecule has 0 spiro atoms. The molecule has 4 N–H and O–H groups in total. The number of guanidine groups is 1. The average molecular weight is 200 g/mol. The summed E-state index contributed by atoms with van der Waals surface area (Å²) >= 11 is 0. The van der Waals surface area contributed by atoms with Crippen LogP contribution in [0.5, 0.6) is 0 Å². The fraction of sp³-hybridized carbons (Fsp3) is 0.750. The lowest BCUT2D eigenvalue weighted by molar-refractivity contribution is -0.139. The van der Waals surface area contributed by atoms with E-state index in [1.165, 1.54) is 0 Å². The van der Waals surface area contributed by atoms with Crippen molar-refractivity contribution in [3.8, 4) is 0 Å². The Morgan fingerprint density at radius 3 is 3.00 bits per heavy atom. The van der Waals surface area contributed by atoms with Crippen LogP contribution in [0.2, 0.25) is 0 Å². The van der Waals surface area contributed by atoms with Gasteiger partial charge in [0.05, 0.1) is 6.04 Å². The lowest BCUT2D eigenvalue weighted by Gasteiger charge is -2.37. The number of carbonyl (C=O) groups is 1. The Labute approximate surface area is 82.8 Å². The Bertz CT molecular complexity index is 254. The summed E-state index contributed by atoms with van der Waals surface area (Å²) in [6.07, 6.45) is 0.711. The molecule has 6 heteroatoms. The van der Waals surface area contributed by atoms with Crippen molar-refractivity contribution in [3.63, 3.8) is 0 Å². The summed E-state index contributed by atoms with van der Waals surface area (Å²) in [4.78, 5) is 16.5. The molecule has 0 bridgehead atoms. The minimum Gasteiger partial charge on any atom is -0.480 e. The molecule has 1 aliphatic rings. The average Bonchev–Trinajstić information content (AvgIpc) is 2.17. The van der Waals surface area contributed by atoms with Gasteiger partial charge in [0.2, 0.25) is 0 Å². The van der Waals surface area contributed by atoms with E-state index < -0.39 is 12.0 Å². The molecule has 1 heterocycles. The van der Waals surface area contributed by atoms with E-state index in [-0.39, 0.29) is 6.04 Å². The molecule has 0 radical (unpaired) electrons. The van der Waals surface area contributed by atoms with Crippen molar-refractivity contribution in [2.75, 3.05) is 20.6 Å². The largest absolute Gasteiger partial charge is 0.480 e. The second kappa shape index (κ2) is 4.28. The molecule has 0 amide bonds. The quantitative estimate of drug-likeness (QED) is 0.514. The van der Waals surface area contributed by atoms with E-state index in [4.69, 9.17) is 10.8 Å². The summed E-state index contributed by atoms with van der Waals surface area (Å²) in [5, 5.41) is 11.9. The summed E-state index contributed by atoms with van der Waals surface area (Å²) in [6.45, 7) is 0.711. The molecule has 1 rings (SSSR count). The third-order valence-corrected chi connectivity index (χ3v) is 2.47. The zero-order chi connectivity index (χ0) is 10.7. The maximum absolute atomic E-state index is 10.7. The number of nitrogens with zero attached hydrogens (tertiary/aromatic N) is 2. The van der Waals surface area contributed by atoms with Gasteiger partial charge in [-0.25, -0.2) is 0 Å². The van der Waals surface area contributed by atoms with E-state index in [2.05, 4.69) is 10.3 Å². The third-order valence-electron chi connectivity index (χ3n) is 2.47. The minimum absolute atomic E-state index is 0.188. The predicted octanol–water partition coefficient (Wildman–Crippen LogP) is -1.32. The number of aliphatic imine (C=N–C) groups is 1. The second-order valence-corrected chi connectivity index (χ2v) is 3.30. The van der Waals surface area contributed by atoms with Crippen molar-refractivity contribution in [2.45, 2.75) is 18.5 Å². The summed E-state index contributed by atoms with van der Waals surface area (Å²) < 4.78 is 0. The molecule has 0 saturated carbocycles. The predicted molar refractivity (Wildman–Crippen MR) is 53.1 cm³/mol. The molecule has 1 aliphatic heterocycles. The highest BCUT2D eigenvalue weighted by Gasteiger charge is 2.31. The van der Waals surface area contributed by atoms with Crippen LogP contribution in [-0.4, -0.2) is 54.7 Å². The first-order valence-corrected chi connectivity index (χ1v) is 4.49. The van der Waals surface area contributed by atoms with E-state index in [9.17, 15) is 4.79 Å². The monoisotopic (exact) mass is 200 g/mol. The number of hydrogen-bond acceptors (Lipinski definition) is 3. The lowest BCUT2D eigenvalue weighted by Crippen LogP contribution is -2.59. The van der Waals surface area contributed by atoms with Gasteiger partial charge in [0.1, 0.15) is 6.04 Å². The van der Waals surface area contributed by atoms with Gasteiger partial charge in [0, 0.05) is 20.6 Å². The maximum atomic E-state index is 10.7. The number of carboxylic acids is 1. The first kappa shape index (κ1) is 10.8. The summed E-state index contributed by atoms with van der Waals surface area (Å²) in [6, 6.07) is -1.05. The van der Waals surface area contributed by atoms with Crippen molar-refractivity contribution in [1.29, 1.82) is 0 Å². The molecule has 0 aromatic heterocycles. The summed E-state index contributed by atoms with van der Waals surface area (Å²) in [5.41, 5.74) is 5.57. The van der Waals surface area contributed by atoms with Crippen LogP contribution in [-0.2, 0) is 4.79 Å². The van der Waals surface area contributed by atoms with Crippen molar-refractivity contribution in [3.05, 3.63) is 0 Å². The van der Waals surface area contributed by atoms with Gasteiger partial charge in [-0.05, 0) is 6.42 Å². The highest BCUT2D eigenvalue weighted by molar-refractivity contribution is 5.82. The van der Waals surface area contributed by atoms with E-state index in [1.54, 1.807) is 19.0 Å². The summed E-state index contributed by atoms with van der Waals surface area (Å²) in [7, 11) is 3.45. The van der Waals surface area contributed by atoms with Crippen LogP contribution in [0.1, 0.15) is 6.42 Å². The number of nitrogens with one attached hydrogen (secondary N) is 1. The van der Waals surface area contributed by atoms with Crippen molar-refractivity contribution in [1.82, 2.24) is 10.2 Å². The number of aliphatic carboxylic acids is 1. The number of nitrogens with two attached hydrogens (primary N) is 1. The van der Waals surface area contributed by atoms with Crippen LogP contribution in [0.25, 0.3) is 0 Å². The first-order chi connectivity index (χ1) is 6.57. The molecule has 6 nitrogen and oxygen atoms in total. The molecule has 80 valence electrons. The molecule has 0 aromatic rings. The van der Waals surface area contributed by atoms with Crippen molar-refractivity contribution in [2.24, 2.45) is 10.7 Å². The number of hydrogen-bond donors (Lipinski definition) is 3. The van der Waals surface area contributed by atoms with Crippen molar-refractivity contribution >= 4 is 11.9 Å². The van der Waals surface area contributed by atoms with Gasteiger partial charge in [0.25, 0.3) is 0 Å². The topological polar surface area (TPSA) is 90.9 Å². The van der Waals surface area contributed by atoms with Gasteiger partial charge in [-0.2, -0.15) is 0 Å². The number of rotatable bonds is 2. The van der Waals surface area contributed by atoms with E-state index in [0.717, 1.165) is 0 Å². The molecule has 0 unspecified atom stereocenters. The van der Waals surface area contributed by atoms with Gasteiger partial charge in [-0.1, -0.05) is 0 Å². The van der Waals surface area contributed by atoms with Gasteiger partial charge < -0.3 is 21.1 Å². The van der Waals surface area contributed by atoms with Gasteiger partial charge in [-0.15, -0.1) is 0 Å². The Kier molecular flexibility index (Phi) is 3.29. The van der Waals surface area contributed by atoms with Gasteiger partial charge in [0.15, 0.2) is 5.96 Å². The van der Waals surface area contributed by atoms with Crippen LogP contribution in [0.4, 0.5) is 0 Å². The maximum Gasteiger partial charge on any atom is 0.322 e. The number of carboxylic acid groups (broad SMARTS) is 1. The second-order valence-electron chi connectivity index (χ2n) is 3.30. The molecular weight excluding hydrogens is 184 g/mol.